The molecule has 2 N–H and O–H groups in total. The molecule has 23 heavy (non-hydrogen) atoms. The molecule has 0 saturated carbocycles. The zero-order valence-electron chi connectivity index (χ0n) is 10.8. The summed E-state index contributed by atoms with van der Waals surface area (Å²) < 4.78 is 10.8. The third-order valence-corrected chi connectivity index (χ3v) is 3.61. The van der Waals surface area contributed by atoms with Crippen molar-refractivity contribution in [3.8, 4) is 11.5 Å². The van der Waals surface area contributed by atoms with Gasteiger partial charge < -0.3 is 20.1 Å². The fourth-order valence-electron chi connectivity index (χ4n) is 2.04. The van der Waals surface area contributed by atoms with Crippen LogP contribution in [-0.4, -0.2) is 37.5 Å². The first-order valence-corrected chi connectivity index (χ1v) is 6.79. The van der Waals surface area contributed by atoms with E-state index in [1.54, 1.807) is 0 Å². The van der Waals surface area contributed by atoms with E-state index in [4.69, 9.17) is 32.7 Å². The summed E-state index contributed by atoms with van der Waals surface area (Å²) in [5.74, 6) is -4.41. The predicted molar refractivity (Wildman–Crippen MR) is 75.3 cm³/mol. The number of amides is 2. The molecule has 12 heteroatoms. The maximum atomic E-state index is 12.4. The second kappa shape index (κ2) is 4.64. The van der Waals surface area contributed by atoms with Crippen LogP contribution in [0.15, 0.2) is 12.7 Å². The maximum Gasteiger partial charge on any atom is 0.416 e. The Morgan fingerprint density at radius 2 is 1.26 bits per heavy atom. The standard InChI is InChI=1S/C11H4Cl2N6O4/c12-5-3-7(16-1-14-5)18-9(20)11(22-3)10(21)19-8-4(23-11)6(13)15-2-17-8/h1-2H,(H,14,16,18,20)(H,15,17,19,21). The van der Waals surface area contributed by atoms with Gasteiger partial charge in [-0.15, -0.1) is 0 Å². The van der Waals surface area contributed by atoms with E-state index < -0.39 is 17.6 Å². The average molecular weight is 355 g/mol. The lowest BCUT2D eigenvalue weighted by molar-refractivity contribution is -0.173. The summed E-state index contributed by atoms with van der Waals surface area (Å²) in [5, 5.41) is 4.54. The van der Waals surface area contributed by atoms with Crippen LogP contribution in [0, 0.1) is 0 Å². The second-order valence-electron chi connectivity index (χ2n) is 4.41. The fraction of sp³-hybridized carbons (Fsp3) is 0.0909. The van der Waals surface area contributed by atoms with E-state index in [0.717, 1.165) is 12.7 Å². The first-order valence-electron chi connectivity index (χ1n) is 6.03. The van der Waals surface area contributed by atoms with E-state index in [0.29, 0.717) is 0 Å². The average Bonchev–Trinajstić information content (AvgIpc) is 2.51. The smallest absolute Gasteiger partial charge is 0.416 e. The van der Waals surface area contributed by atoms with Crippen molar-refractivity contribution < 1.29 is 19.1 Å². The van der Waals surface area contributed by atoms with Gasteiger partial charge in [0.25, 0.3) is 0 Å². The molecule has 0 atom stereocenters. The maximum absolute atomic E-state index is 12.4. The van der Waals surface area contributed by atoms with Crippen LogP contribution in [0.5, 0.6) is 11.5 Å². The Morgan fingerprint density at radius 1 is 0.826 bits per heavy atom. The van der Waals surface area contributed by atoms with Gasteiger partial charge in [-0.25, -0.2) is 19.9 Å². The van der Waals surface area contributed by atoms with Gasteiger partial charge in [0.2, 0.25) is 11.5 Å². The van der Waals surface area contributed by atoms with Crippen LogP contribution in [0.2, 0.25) is 10.3 Å². The molecule has 2 aliphatic heterocycles. The van der Waals surface area contributed by atoms with Crippen LogP contribution < -0.4 is 20.1 Å². The van der Waals surface area contributed by atoms with Crippen LogP contribution in [0.25, 0.3) is 0 Å². The Hall–Kier alpha value is -2.72. The minimum atomic E-state index is -2.39. The number of carbonyl (C=O) groups is 2. The van der Waals surface area contributed by atoms with Gasteiger partial charge in [0.15, 0.2) is 21.9 Å². The highest BCUT2D eigenvalue weighted by Crippen LogP contribution is 2.42. The molecule has 0 bridgehead atoms. The zero-order chi connectivity index (χ0) is 16.2. The molecular weight excluding hydrogens is 351 g/mol. The van der Waals surface area contributed by atoms with Gasteiger partial charge in [0.1, 0.15) is 12.7 Å². The molecule has 4 heterocycles. The number of nitrogens with zero attached hydrogens (tertiary/aromatic N) is 4. The molecule has 0 aliphatic carbocycles. The van der Waals surface area contributed by atoms with Crippen molar-refractivity contribution in [1.82, 2.24) is 19.9 Å². The van der Waals surface area contributed by atoms with E-state index >= 15 is 0 Å². The number of ether oxygens (including phenoxy) is 2. The predicted octanol–water partition coefficient (Wildman–Crippen LogP) is 0.632. The molecule has 2 aromatic heterocycles. The van der Waals surface area contributed by atoms with Crippen LogP contribution in [-0.2, 0) is 9.59 Å². The van der Waals surface area contributed by atoms with Gasteiger partial charge in [-0.3, -0.25) is 9.59 Å². The summed E-state index contributed by atoms with van der Waals surface area (Å²) in [6, 6.07) is 0. The lowest BCUT2D eigenvalue weighted by atomic mass is 10.1. The Bertz CT molecular complexity index is 804. The Morgan fingerprint density at radius 3 is 1.70 bits per heavy atom. The van der Waals surface area contributed by atoms with Crippen molar-refractivity contribution in [2.24, 2.45) is 0 Å². The third kappa shape index (κ3) is 1.88. The minimum absolute atomic E-state index is 0.0123. The van der Waals surface area contributed by atoms with Crippen molar-refractivity contribution in [2.45, 2.75) is 5.79 Å². The molecule has 2 aliphatic rings. The fourth-order valence-corrected chi connectivity index (χ4v) is 2.38. The van der Waals surface area contributed by atoms with Gasteiger partial charge in [-0.1, -0.05) is 23.2 Å². The number of hydrogen-bond acceptors (Lipinski definition) is 8. The Kier molecular flexibility index (Phi) is 2.80. The van der Waals surface area contributed by atoms with Crippen molar-refractivity contribution in [2.75, 3.05) is 10.6 Å². The number of carbonyl (C=O) groups excluding carboxylic acids is 2. The van der Waals surface area contributed by atoms with Crippen molar-refractivity contribution in [3.63, 3.8) is 0 Å². The zero-order valence-corrected chi connectivity index (χ0v) is 12.3. The SMILES string of the molecule is O=C1Nc2ncnc(Cl)c2OC12Oc1c(Cl)ncnc1NC2=O. The van der Waals surface area contributed by atoms with Gasteiger partial charge in [-0.2, -0.15) is 0 Å². The van der Waals surface area contributed by atoms with Crippen molar-refractivity contribution in [3.05, 3.63) is 23.0 Å². The lowest BCUT2D eigenvalue weighted by Gasteiger charge is -2.37. The Labute approximate surface area is 137 Å². The molecule has 0 aromatic carbocycles. The van der Waals surface area contributed by atoms with Gasteiger partial charge in [0, 0.05) is 0 Å². The summed E-state index contributed by atoms with van der Waals surface area (Å²) in [4.78, 5) is 39.8. The first-order chi connectivity index (χ1) is 11.0. The summed E-state index contributed by atoms with van der Waals surface area (Å²) in [6.45, 7) is 0. The van der Waals surface area contributed by atoms with E-state index in [1.165, 1.54) is 0 Å². The number of anilines is 2. The van der Waals surface area contributed by atoms with Crippen LogP contribution in [0.4, 0.5) is 11.6 Å². The van der Waals surface area contributed by atoms with E-state index in [2.05, 4.69) is 30.6 Å². The molecule has 0 fully saturated rings. The normalized spacial score (nSPS) is 17.3. The van der Waals surface area contributed by atoms with E-state index in [1.807, 2.05) is 0 Å². The number of hydrogen-bond donors (Lipinski definition) is 2. The molecule has 2 aromatic rings. The molecule has 0 radical (unpaired) electrons. The van der Waals surface area contributed by atoms with E-state index in [9.17, 15) is 9.59 Å². The molecular formula is C11H4Cl2N6O4. The number of nitrogens with one attached hydrogen (secondary N) is 2. The second-order valence-corrected chi connectivity index (χ2v) is 5.13. The van der Waals surface area contributed by atoms with Crippen LogP contribution >= 0.6 is 23.2 Å². The highest BCUT2D eigenvalue weighted by atomic mass is 35.5. The van der Waals surface area contributed by atoms with Crippen LogP contribution in [0.3, 0.4) is 0 Å². The monoisotopic (exact) mass is 354 g/mol. The summed E-state index contributed by atoms with van der Waals surface area (Å²) in [7, 11) is 0. The highest BCUT2D eigenvalue weighted by Gasteiger charge is 2.59. The molecule has 10 nitrogen and oxygen atoms in total. The Balaban J connectivity index is 1.85. The van der Waals surface area contributed by atoms with Gasteiger partial charge in [0.05, 0.1) is 0 Å². The van der Waals surface area contributed by atoms with Gasteiger partial charge >= 0.3 is 17.6 Å². The van der Waals surface area contributed by atoms with Crippen LogP contribution in [0.1, 0.15) is 0 Å². The van der Waals surface area contributed by atoms with Crippen molar-refractivity contribution >= 4 is 46.7 Å². The van der Waals surface area contributed by atoms with Crippen molar-refractivity contribution in [1.29, 1.82) is 0 Å². The summed E-state index contributed by atoms with van der Waals surface area (Å²) >= 11 is 11.8. The first kappa shape index (κ1) is 13.9. The quantitative estimate of drug-likeness (QED) is 0.520. The van der Waals surface area contributed by atoms with Gasteiger partial charge in [-0.05, 0) is 0 Å². The molecule has 116 valence electrons. The number of aromatic nitrogens is 4. The molecule has 1 spiro atoms. The number of fused-ring (bicyclic) bond motifs is 2. The molecule has 2 amide bonds. The summed E-state index contributed by atoms with van der Waals surface area (Å²) in [6.07, 6.45) is 2.26. The number of rotatable bonds is 0. The topological polar surface area (TPSA) is 128 Å². The largest absolute Gasteiger partial charge is 0.430 e. The molecule has 4 rings (SSSR count). The minimum Gasteiger partial charge on any atom is -0.430 e. The highest BCUT2D eigenvalue weighted by molar-refractivity contribution is 6.32. The lowest BCUT2D eigenvalue weighted by Crippen LogP contribution is -2.64. The molecule has 0 saturated heterocycles. The molecule has 0 unspecified atom stereocenters. The summed E-state index contributed by atoms with van der Waals surface area (Å²) in [5.41, 5.74) is 0. The third-order valence-electron chi connectivity index (χ3n) is 3.07. The number of halogens is 2. The van der Waals surface area contributed by atoms with E-state index in [-0.39, 0.29) is 33.4 Å².